The molecule has 1 aliphatic rings. The summed E-state index contributed by atoms with van der Waals surface area (Å²) in [6.45, 7) is 3.89. The molecule has 0 saturated carbocycles. The predicted octanol–water partition coefficient (Wildman–Crippen LogP) is 5.32. The van der Waals surface area contributed by atoms with Gasteiger partial charge in [-0.15, -0.1) is 11.3 Å². The first-order chi connectivity index (χ1) is 18.0. The van der Waals surface area contributed by atoms with E-state index in [0.717, 1.165) is 28.9 Å². The van der Waals surface area contributed by atoms with E-state index in [9.17, 15) is 9.59 Å². The maximum absolute atomic E-state index is 13.7. The minimum absolute atomic E-state index is 0.0331. The Hall–Kier alpha value is -2.87. The third-order valence-corrected chi connectivity index (χ3v) is 8.03. The van der Waals surface area contributed by atoms with Crippen LogP contribution in [-0.4, -0.2) is 61.6 Å². The highest BCUT2D eigenvalue weighted by Crippen LogP contribution is 2.34. The number of hydrogen-bond donors (Lipinski definition) is 0. The molecular weight excluding hydrogens is 508 g/mol. The fourth-order valence-corrected chi connectivity index (χ4v) is 5.63. The summed E-state index contributed by atoms with van der Waals surface area (Å²) >= 11 is 7.88. The predicted molar refractivity (Wildman–Crippen MR) is 147 cm³/mol. The van der Waals surface area contributed by atoms with E-state index in [4.69, 9.17) is 21.1 Å². The minimum atomic E-state index is -0.219. The van der Waals surface area contributed by atoms with Gasteiger partial charge in [0.2, 0.25) is 11.8 Å². The van der Waals surface area contributed by atoms with Crippen molar-refractivity contribution in [3.63, 3.8) is 0 Å². The number of benzene rings is 2. The molecule has 0 saturated heterocycles. The lowest BCUT2D eigenvalue weighted by Gasteiger charge is -2.37. The van der Waals surface area contributed by atoms with Gasteiger partial charge in [-0.3, -0.25) is 9.59 Å². The van der Waals surface area contributed by atoms with Crippen molar-refractivity contribution in [2.75, 3.05) is 40.0 Å². The van der Waals surface area contributed by atoms with Gasteiger partial charge in [-0.1, -0.05) is 41.9 Å². The average molecular weight is 541 g/mol. The van der Waals surface area contributed by atoms with E-state index in [1.165, 1.54) is 4.88 Å². The molecular formula is C29H33ClN2O4S. The lowest BCUT2D eigenvalue weighted by molar-refractivity contribution is -0.142. The lowest BCUT2D eigenvalue weighted by atomic mass is 10.00. The van der Waals surface area contributed by atoms with Gasteiger partial charge in [-0.2, -0.15) is 0 Å². The first-order valence-electron chi connectivity index (χ1n) is 12.5. The van der Waals surface area contributed by atoms with Crippen LogP contribution in [0.25, 0.3) is 0 Å². The van der Waals surface area contributed by atoms with Crippen LogP contribution in [0.2, 0.25) is 5.02 Å². The summed E-state index contributed by atoms with van der Waals surface area (Å²) in [4.78, 5) is 31.7. The fourth-order valence-electron chi connectivity index (χ4n) is 4.58. The zero-order chi connectivity index (χ0) is 26.2. The van der Waals surface area contributed by atoms with E-state index >= 15 is 0 Å². The molecule has 3 aromatic rings. The number of amides is 2. The van der Waals surface area contributed by atoms with Crippen LogP contribution < -0.4 is 4.74 Å². The maximum atomic E-state index is 13.7. The molecule has 2 aromatic carbocycles. The van der Waals surface area contributed by atoms with E-state index < -0.39 is 0 Å². The molecule has 8 heteroatoms. The summed E-state index contributed by atoms with van der Waals surface area (Å²) in [6.07, 6.45) is 1.73. The van der Waals surface area contributed by atoms with Crippen molar-refractivity contribution in [2.45, 2.75) is 32.2 Å². The molecule has 0 fully saturated rings. The second-order valence-corrected chi connectivity index (χ2v) is 10.6. The summed E-state index contributed by atoms with van der Waals surface area (Å²) in [5.74, 6) is 0.584. The monoisotopic (exact) mass is 540 g/mol. The van der Waals surface area contributed by atoms with Crippen LogP contribution in [0.3, 0.4) is 0 Å². The van der Waals surface area contributed by atoms with Gasteiger partial charge in [0.1, 0.15) is 12.4 Å². The molecule has 0 radical (unpaired) electrons. The minimum Gasteiger partial charge on any atom is -0.491 e. The highest BCUT2D eigenvalue weighted by molar-refractivity contribution is 7.10. The standard InChI is InChI=1S/C29H33ClN2O4S/c1-21-17-23(9-10-25(21)30)36-20-26-24-12-16-37-27(24)11-14-32(26)29(34)19-31(13-6-15-35-2)28(33)18-22-7-4-3-5-8-22/h3-5,7-10,12,16-17,26H,6,11,13-15,18-20H2,1-2H3. The molecule has 6 nitrogen and oxygen atoms in total. The Morgan fingerprint density at radius 2 is 1.97 bits per heavy atom. The number of rotatable bonds is 11. The Bertz CT molecular complexity index is 1200. The van der Waals surface area contributed by atoms with E-state index in [2.05, 4.69) is 11.4 Å². The summed E-state index contributed by atoms with van der Waals surface area (Å²) in [5, 5.41) is 2.76. The van der Waals surface area contributed by atoms with Gasteiger partial charge < -0.3 is 19.3 Å². The van der Waals surface area contributed by atoms with Crippen molar-refractivity contribution in [3.8, 4) is 5.75 Å². The molecule has 1 aromatic heterocycles. The average Bonchev–Trinajstić information content (AvgIpc) is 3.38. The number of aryl methyl sites for hydroxylation is 1. The number of halogens is 1. The maximum Gasteiger partial charge on any atom is 0.242 e. The quantitative estimate of drug-likeness (QED) is 0.309. The smallest absolute Gasteiger partial charge is 0.242 e. The third kappa shape index (κ3) is 7.12. The highest BCUT2D eigenvalue weighted by Gasteiger charge is 2.33. The van der Waals surface area contributed by atoms with Gasteiger partial charge in [0.15, 0.2) is 0 Å². The van der Waals surface area contributed by atoms with E-state index in [-0.39, 0.29) is 30.8 Å². The summed E-state index contributed by atoms with van der Waals surface area (Å²) in [5.41, 5.74) is 2.99. The zero-order valence-electron chi connectivity index (χ0n) is 21.3. The molecule has 1 atom stereocenters. The highest BCUT2D eigenvalue weighted by atomic mass is 35.5. The Morgan fingerprint density at radius 1 is 1.16 bits per heavy atom. The van der Waals surface area contributed by atoms with Crippen LogP contribution in [0, 0.1) is 6.92 Å². The summed E-state index contributed by atoms with van der Waals surface area (Å²) in [7, 11) is 1.64. The second-order valence-electron chi connectivity index (χ2n) is 9.20. The molecule has 0 N–H and O–H groups in total. The number of carbonyl (C=O) groups is 2. The van der Waals surface area contributed by atoms with Crippen molar-refractivity contribution >= 4 is 34.8 Å². The van der Waals surface area contributed by atoms with Crippen molar-refractivity contribution in [1.82, 2.24) is 9.80 Å². The lowest BCUT2D eigenvalue weighted by Crippen LogP contribution is -2.48. The van der Waals surface area contributed by atoms with Crippen LogP contribution in [0.1, 0.15) is 34.0 Å². The number of fused-ring (bicyclic) bond motifs is 1. The Morgan fingerprint density at radius 3 is 2.73 bits per heavy atom. The van der Waals surface area contributed by atoms with Gasteiger partial charge in [0, 0.05) is 36.7 Å². The van der Waals surface area contributed by atoms with Gasteiger partial charge >= 0.3 is 0 Å². The molecule has 0 spiro atoms. The molecule has 196 valence electrons. The molecule has 1 aliphatic heterocycles. The largest absolute Gasteiger partial charge is 0.491 e. The molecule has 1 unspecified atom stereocenters. The molecule has 37 heavy (non-hydrogen) atoms. The van der Waals surface area contributed by atoms with E-state index in [1.807, 2.05) is 60.4 Å². The first kappa shape index (κ1) is 27.2. The molecule has 0 bridgehead atoms. The van der Waals surface area contributed by atoms with Crippen molar-refractivity contribution < 1.29 is 19.1 Å². The number of ether oxygens (including phenoxy) is 2. The Balaban J connectivity index is 1.49. The Kier molecular flexibility index (Phi) is 9.61. The number of hydrogen-bond acceptors (Lipinski definition) is 5. The van der Waals surface area contributed by atoms with Crippen molar-refractivity contribution in [1.29, 1.82) is 0 Å². The Labute approximate surface area is 227 Å². The van der Waals surface area contributed by atoms with Crippen LogP contribution in [0.5, 0.6) is 5.75 Å². The van der Waals surface area contributed by atoms with Gasteiger partial charge in [0.05, 0.1) is 19.0 Å². The second kappa shape index (κ2) is 13.1. The van der Waals surface area contributed by atoms with Crippen LogP contribution >= 0.6 is 22.9 Å². The third-order valence-electron chi connectivity index (χ3n) is 6.61. The van der Waals surface area contributed by atoms with Crippen molar-refractivity contribution in [3.05, 3.63) is 86.6 Å². The number of carbonyl (C=O) groups excluding carboxylic acids is 2. The fraction of sp³-hybridized carbons (Fsp3) is 0.379. The summed E-state index contributed by atoms with van der Waals surface area (Å²) < 4.78 is 11.3. The molecule has 2 amide bonds. The molecule has 2 heterocycles. The SMILES string of the molecule is COCCCN(CC(=O)N1CCc2sccc2C1COc1ccc(Cl)c(C)c1)C(=O)Cc1ccccc1. The normalized spacial score (nSPS) is 14.8. The van der Waals surface area contributed by atoms with E-state index in [0.29, 0.717) is 37.7 Å². The van der Waals surface area contributed by atoms with Crippen LogP contribution in [0.4, 0.5) is 0 Å². The molecule has 4 rings (SSSR count). The number of methoxy groups -OCH3 is 1. The van der Waals surface area contributed by atoms with Gasteiger partial charge in [-0.25, -0.2) is 0 Å². The van der Waals surface area contributed by atoms with Gasteiger partial charge in [0.25, 0.3) is 0 Å². The van der Waals surface area contributed by atoms with Crippen LogP contribution in [-0.2, 0) is 27.2 Å². The van der Waals surface area contributed by atoms with Gasteiger partial charge in [-0.05, 0) is 66.1 Å². The van der Waals surface area contributed by atoms with Crippen LogP contribution in [0.15, 0.2) is 60.0 Å². The first-order valence-corrected chi connectivity index (χ1v) is 13.8. The van der Waals surface area contributed by atoms with Crippen molar-refractivity contribution in [2.24, 2.45) is 0 Å². The zero-order valence-corrected chi connectivity index (χ0v) is 22.9. The number of thiophene rings is 1. The number of nitrogens with zero attached hydrogens (tertiary/aromatic N) is 2. The molecule has 0 aliphatic carbocycles. The summed E-state index contributed by atoms with van der Waals surface area (Å²) in [6, 6.07) is 17.1. The van der Waals surface area contributed by atoms with E-state index in [1.54, 1.807) is 23.3 Å². The topological polar surface area (TPSA) is 59.1 Å².